The Morgan fingerprint density at radius 3 is 1.94 bits per heavy atom. The number of amides is 4. The van der Waals surface area contributed by atoms with Crippen LogP contribution in [0.2, 0.25) is 0 Å². The largest absolute Gasteiger partial charge is 0.481 e. The topological polar surface area (TPSA) is 193 Å². The van der Waals surface area contributed by atoms with E-state index in [-0.39, 0.29) is 52.5 Å². The third kappa shape index (κ3) is 7.53. The molecule has 0 aromatic rings. The number of ketones is 3. The van der Waals surface area contributed by atoms with Crippen LogP contribution in [0, 0.1) is 44.8 Å². The number of likely N-dealkylation sites (tertiary alicyclic amines) is 1. The highest BCUT2D eigenvalue weighted by molar-refractivity contribution is 6.36. The molecule has 4 aliphatic carbocycles. The first-order valence-corrected chi connectivity index (χ1v) is 20.1. The summed E-state index contributed by atoms with van der Waals surface area (Å²) in [5, 5.41) is 15.5. The number of rotatable bonds is 15. The number of hydrogen-bond donors (Lipinski definition) is 4. The fourth-order valence-electron chi connectivity index (χ4n) is 10.8. The summed E-state index contributed by atoms with van der Waals surface area (Å²) in [6.07, 6.45) is 10.8. The van der Waals surface area contributed by atoms with E-state index in [9.17, 15) is 38.7 Å². The highest BCUT2D eigenvalue weighted by atomic mass is 16.4. The summed E-state index contributed by atoms with van der Waals surface area (Å²) < 4.78 is 0. The van der Waals surface area contributed by atoms with E-state index in [2.05, 4.69) is 24.5 Å². The molecule has 5 fully saturated rings. The van der Waals surface area contributed by atoms with Gasteiger partial charge in [0.05, 0.1) is 17.5 Å². The van der Waals surface area contributed by atoms with Crippen LogP contribution in [-0.4, -0.2) is 75.8 Å². The second-order valence-corrected chi connectivity index (χ2v) is 19.6. The standard InChI is InChI=1S/C41H64N4O8/c1-37(2,3)32(44-36(53)43-30(25-15-9-8-10-16-25)29(47)22-38(4,5)35(51)52)34(50)45-23-41(39(6,7)40(41)17-12-18-40)21-27(45)28(46)20-26(31(48)33(42)49)19-24-13-11-14-24/h24-27,30,32H,8-23H2,1-7H3,(H2,42,49)(H,51,52)(H2,43,44,53)/t26?,27-,30-,32+,41+/m0/s1. The van der Waals surface area contributed by atoms with Gasteiger partial charge in [0.15, 0.2) is 11.6 Å². The lowest BCUT2D eigenvalue weighted by Crippen LogP contribution is -2.60. The highest BCUT2D eigenvalue weighted by Crippen LogP contribution is 2.88. The minimum atomic E-state index is -1.31. The third-order valence-electron chi connectivity index (χ3n) is 14.7. The van der Waals surface area contributed by atoms with E-state index in [0.717, 1.165) is 70.6 Å². The van der Waals surface area contributed by atoms with Crippen molar-refractivity contribution in [3.63, 3.8) is 0 Å². The van der Waals surface area contributed by atoms with E-state index in [4.69, 9.17) is 5.73 Å². The molecule has 4 saturated carbocycles. The van der Waals surface area contributed by atoms with Crippen LogP contribution in [0.25, 0.3) is 0 Å². The summed E-state index contributed by atoms with van der Waals surface area (Å²) in [6, 6.07) is -3.49. The maximum atomic E-state index is 14.9. The van der Waals surface area contributed by atoms with E-state index in [1.807, 2.05) is 20.8 Å². The number of primary amides is 1. The third-order valence-corrected chi connectivity index (χ3v) is 14.7. The van der Waals surface area contributed by atoms with Gasteiger partial charge in [-0.2, -0.15) is 0 Å². The number of hydrogen-bond acceptors (Lipinski definition) is 7. The summed E-state index contributed by atoms with van der Waals surface area (Å²) in [5.74, 6) is -4.61. The van der Waals surface area contributed by atoms with Gasteiger partial charge in [0.2, 0.25) is 11.7 Å². The van der Waals surface area contributed by atoms with Crippen LogP contribution in [-0.2, 0) is 28.8 Å². The van der Waals surface area contributed by atoms with Gasteiger partial charge < -0.3 is 26.4 Å². The van der Waals surface area contributed by atoms with E-state index >= 15 is 0 Å². The molecule has 12 heteroatoms. The second kappa shape index (κ2) is 14.7. The van der Waals surface area contributed by atoms with Gasteiger partial charge in [0.1, 0.15) is 6.04 Å². The van der Waals surface area contributed by atoms with Crippen molar-refractivity contribution >= 4 is 41.2 Å². The van der Waals surface area contributed by atoms with Gasteiger partial charge in [-0.25, -0.2) is 4.79 Å². The van der Waals surface area contributed by atoms with Crippen molar-refractivity contribution in [3.05, 3.63) is 0 Å². The second-order valence-electron chi connectivity index (χ2n) is 19.6. The summed E-state index contributed by atoms with van der Waals surface area (Å²) in [4.78, 5) is 95.5. The molecule has 0 radical (unpaired) electrons. The van der Waals surface area contributed by atoms with Gasteiger partial charge in [0, 0.05) is 30.7 Å². The molecule has 12 nitrogen and oxygen atoms in total. The monoisotopic (exact) mass is 740 g/mol. The number of nitrogens with zero attached hydrogens (tertiary/aromatic N) is 1. The maximum Gasteiger partial charge on any atom is 0.316 e. The summed E-state index contributed by atoms with van der Waals surface area (Å²) in [5.41, 5.74) is 2.95. The molecule has 0 bridgehead atoms. The van der Waals surface area contributed by atoms with Gasteiger partial charge in [-0.05, 0) is 80.5 Å². The van der Waals surface area contributed by atoms with Crippen LogP contribution in [0.4, 0.5) is 4.79 Å². The number of fused-ring (bicyclic) bond motifs is 1. The van der Waals surface area contributed by atoms with Crippen LogP contribution in [0.3, 0.4) is 0 Å². The number of urea groups is 1. The normalized spacial score (nSPS) is 26.8. The van der Waals surface area contributed by atoms with Gasteiger partial charge in [-0.3, -0.25) is 28.8 Å². The number of carbonyl (C=O) groups excluding carboxylic acids is 6. The van der Waals surface area contributed by atoms with E-state index in [1.165, 1.54) is 13.8 Å². The molecule has 0 aromatic carbocycles. The smallest absolute Gasteiger partial charge is 0.316 e. The molecule has 5 rings (SSSR count). The first-order chi connectivity index (χ1) is 24.6. The quantitative estimate of drug-likeness (QED) is 0.162. The Morgan fingerprint density at radius 2 is 1.47 bits per heavy atom. The van der Waals surface area contributed by atoms with Crippen LogP contribution in [0.15, 0.2) is 0 Å². The minimum Gasteiger partial charge on any atom is -0.481 e. The number of carbonyl (C=O) groups is 7. The predicted molar refractivity (Wildman–Crippen MR) is 198 cm³/mol. The first kappa shape index (κ1) is 40.9. The fourth-order valence-corrected chi connectivity index (χ4v) is 10.8. The summed E-state index contributed by atoms with van der Waals surface area (Å²) in [7, 11) is 0. The average molecular weight is 741 g/mol. The van der Waals surface area contributed by atoms with Crippen molar-refractivity contribution in [3.8, 4) is 0 Å². The molecule has 2 spiro atoms. The molecule has 1 aliphatic heterocycles. The van der Waals surface area contributed by atoms with Gasteiger partial charge in [-0.15, -0.1) is 0 Å². The number of nitrogens with two attached hydrogens (primary N) is 1. The van der Waals surface area contributed by atoms with Crippen molar-refractivity contribution in [2.24, 2.45) is 50.6 Å². The first-order valence-electron chi connectivity index (χ1n) is 20.1. The Hall–Kier alpha value is -3.31. The number of aliphatic carboxylic acids is 1. The number of nitrogens with one attached hydrogen (secondary N) is 2. The van der Waals surface area contributed by atoms with Gasteiger partial charge in [0.25, 0.3) is 5.91 Å². The number of Topliss-reactive ketones (excluding diaryl/α,β-unsaturated/α-hetero) is 3. The number of carboxylic acid groups (broad SMARTS) is 1. The molecule has 1 heterocycles. The van der Waals surface area contributed by atoms with E-state index in [1.54, 1.807) is 4.90 Å². The zero-order chi connectivity index (χ0) is 39.3. The van der Waals surface area contributed by atoms with Crippen LogP contribution < -0.4 is 16.4 Å². The molecule has 5 aliphatic rings. The lowest BCUT2D eigenvalue weighted by molar-refractivity contribution is -0.149. The Kier molecular flexibility index (Phi) is 11.4. The molecule has 296 valence electrons. The lowest BCUT2D eigenvalue weighted by Gasteiger charge is -2.37. The summed E-state index contributed by atoms with van der Waals surface area (Å²) >= 11 is 0. The molecule has 5 N–H and O–H groups in total. The van der Waals surface area contributed by atoms with E-state index < -0.39 is 64.5 Å². The minimum absolute atomic E-state index is 0.0152. The SMILES string of the molecule is CC(C)(CC(=O)[C@@H](NC(=O)N[C@H](C(=O)N1C[C@]2(C[C@H]1C(=O)CC(CC1CCC1)C(=O)C(N)=O)C(C)(C)C21CCC1)C(C)(C)C)C1CCCCC1)C(=O)O. The Morgan fingerprint density at radius 1 is 0.849 bits per heavy atom. The lowest BCUT2D eigenvalue weighted by atomic mass is 9.73. The van der Waals surface area contributed by atoms with Crippen molar-refractivity contribution in [1.29, 1.82) is 0 Å². The summed E-state index contributed by atoms with van der Waals surface area (Å²) in [6.45, 7) is 13.3. The average Bonchev–Trinajstić information content (AvgIpc) is 3.25. The zero-order valence-corrected chi connectivity index (χ0v) is 33.1. The van der Waals surface area contributed by atoms with Crippen LogP contribution >= 0.6 is 0 Å². The fraction of sp³-hybridized carbons (Fsp3) is 0.829. The maximum absolute atomic E-state index is 14.9. The Balaban J connectivity index is 1.40. The molecular weight excluding hydrogens is 676 g/mol. The van der Waals surface area contributed by atoms with Crippen molar-refractivity contribution in [1.82, 2.24) is 15.5 Å². The van der Waals surface area contributed by atoms with Crippen molar-refractivity contribution in [2.45, 2.75) is 163 Å². The van der Waals surface area contributed by atoms with Crippen LogP contribution in [0.5, 0.6) is 0 Å². The molecule has 53 heavy (non-hydrogen) atoms. The molecule has 1 saturated heterocycles. The van der Waals surface area contributed by atoms with Crippen LogP contribution in [0.1, 0.15) is 145 Å². The Bertz CT molecular complexity index is 1500. The van der Waals surface area contributed by atoms with Crippen molar-refractivity contribution < 1.29 is 38.7 Å². The Labute approximate surface area is 314 Å². The van der Waals surface area contributed by atoms with E-state index in [0.29, 0.717) is 19.4 Å². The van der Waals surface area contributed by atoms with Gasteiger partial charge >= 0.3 is 12.0 Å². The molecule has 5 atom stereocenters. The molecular formula is C41H64N4O8. The molecule has 1 unspecified atom stereocenters. The predicted octanol–water partition coefficient (Wildman–Crippen LogP) is 5.34. The zero-order valence-electron chi connectivity index (χ0n) is 33.1. The highest BCUT2D eigenvalue weighted by Gasteiger charge is 2.85. The molecule has 0 aromatic heterocycles. The number of carboxylic acids is 1. The van der Waals surface area contributed by atoms with Crippen molar-refractivity contribution in [2.75, 3.05) is 6.54 Å². The molecule has 4 amide bonds. The van der Waals surface area contributed by atoms with Gasteiger partial charge in [-0.1, -0.05) is 79.6 Å².